The third-order valence-corrected chi connectivity index (χ3v) is 3.01. The predicted molar refractivity (Wildman–Crippen MR) is 66.8 cm³/mol. The quantitative estimate of drug-likeness (QED) is 0.565. The molecule has 0 N–H and O–H groups in total. The second kappa shape index (κ2) is 6.73. The minimum absolute atomic E-state index is 0.102. The molecule has 1 heterocycles. The van der Waals surface area contributed by atoms with Gasteiger partial charge in [-0.1, -0.05) is 0 Å². The molecule has 0 aromatic carbocycles. The standard InChI is InChI=1S/C13H17F3O7/c1-6(17)20-8-5-9(22-10(8)21-7(2)18)12(3,4)23-11(19)13(14,15)16/h8-10H,5H2,1-4H3/t8-,9+,10?/m1/s1. The molecule has 1 aliphatic rings. The van der Waals surface area contributed by atoms with Gasteiger partial charge in [0, 0.05) is 20.3 Å². The van der Waals surface area contributed by atoms with Gasteiger partial charge in [-0.25, -0.2) is 4.79 Å². The Kier molecular flexibility index (Phi) is 5.62. The van der Waals surface area contributed by atoms with E-state index >= 15 is 0 Å². The molecular formula is C13H17F3O7. The molecule has 7 nitrogen and oxygen atoms in total. The highest BCUT2D eigenvalue weighted by atomic mass is 19.4. The van der Waals surface area contributed by atoms with E-state index in [0.717, 1.165) is 13.8 Å². The zero-order valence-corrected chi connectivity index (χ0v) is 12.9. The number of alkyl halides is 3. The maximum absolute atomic E-state index is 12.3. The Morgan fingerprint density at radius 2 is 1.57 bits per heavy atom. The van der Waals surface area contributed by atoms with Crippen LogP contribution in [-0.2, 0) is 33.3 Å². The summed E-state index contributed by atoms with van der Waals surface area (Å²) in [5.74, 6) is -3.77. The topological polar surface area (TPSA) is 88.1 Å². The van der Waals surface area contributed by atoms with Crippen molar-refractivity contribution in [1.82, 2.24) is 0 Å². The Morgan fingerprint density at radius 1 is 1.04 bits per heavy atom. The number of carbonyl (C=O) groups excluding carboxylic acids is 3. The second-order valence-electron chi connectivity index (χ2n) is 5.48. The molecular weight excluding hydrogens is 325 g/mol. The van der Waals surface area contributed by atoms with Crippen LogP contribution in [0.5, 0.6) is 0 Å². The first kappa shape index (κ1) is 19.2. The minimum atomic E-state index is -5.15. The van der Waals surface area contributed by atoms with E-state index < -0.39 is 48.2 Å². The minimum Gasteiger partial charge on any atom is -0.456 e. The molecule has 10 heteroatoms. The van der Waals surface area contributed by atoms with Gasteiger partial charge in [-0.2, -0.15) is 13.2 Å². The summed E-state index contributed by atoms with van der Waals surface area (Å²) in [5, 5.41) is 0. The number of ether oxygens (including phenoxy) is 4. The van der Waals surface area contributed by atoms with Gasteiger partial charge >= 0.3 is 24.1 Å². The molecule has 23 heavy (non-hydrogen) atoms. The summed E-state index contributed by atoms with van der Waals surface area (Å²) in [6.45, 7) is 4.63. The molecule has 132 valence electrons. The fourth-order valence-electron chi connectivity index (χ4n) is 2.02. The number of hydrogen-bond acceptors (Lipinski definition) is 7. The van der Waals surface area contributed by atoms with Crippen LogP contribution in [-0.4, -0.2) is 48.2 Å². The van der Waals surface area contributed by atoms with Crippen molar-refractivity contribution < 1.29 is 46.5 Å². The fourth-order valence-corrected chi connectivity index (χ4v) is 2.02. The molecule has 1 aliphatic heterocycles. The first-order chi connectivity index (χ1) is 10.3. The van der Waals surface area contributed by atoms with Gasteiger partial charge in [0.15, 0.2) is 6.10 Å². The highest BCUT2D eigenvalue weighted by molar-refractivity contribution is 5.76. The monoisotopic (exact) mass is 342 g/mol. The maximum atomic E-state index is 12.3. The Morgan fingerprint density at radius 3 is 2.00 bits per heavy atom. The van der Waals surface area contributed by atoms with E-state index in [9.17, 15) is 27.6 Å². The van der Waals surface area contributed by atoms with Crippen molar-refractivity contribution in [3.63, 3.8) is 0 Å². The summed E-state index contributed by atoms with van der Waals surface area (Å²) in [7, 11) is 0. The average molecular weight is 342 g/mol. The molecule has 1 unspecified atom stereocenters. The van der Waals surface area contributed by atoms with Gasteiger partial charge in [-0.05, 0) is 13.8 Å². The van der Waals surface area contributed by atoms with Crippen LogP contribution in [0.1, 0.15) is 34.1 Å². The van der Waals surface area contributed by atoms with Crippen molar-refractivity contribution in [2.75, 3.05) is 0 Å². The molecule has 0 spiro atoms. The van der Waals surface area contributed by atoms with Gasteiger partial charge in [0.05, 0.1) is 0 Å². The molecule has 3 atom stereocenters. The van der Waals surface area contributed by atoms with Crippen LogP contribution in [0.25, 0.3) is 0 Å². The highest BCUT2D eigenvalue weighted by Crippen LogP contribution is 2.34. The lowest BCUT2D eigenvalue weighted by molar-refractivity contribution is -0.230. The number of carbonyl (C=O) groups is 3. The fraction of sp³-hybridized carbons (Fsp3) is 0.769. The lowest BCUT2D eigenvalue weighted by Gasteiger charge is -2.30. The normalized spacial score (nSPS) is 24.9. The summed E-state index contributed by atoms with van der Waals surface area (Å²) < 4.78 is 56.4. The summed E-state index contributed by atoms with van der Waals surface area (Å²) in [6.07, 6.45) is -8.62. The van der Waals surface area contributed by atoms with Gasteiger partial charge in [-0.3, -0.25) is 9.59 Å². The van der Waals surface area contributed by atoms with Crippen molar-refractivity contribution in [2.45, 2.75) is 64.4 Å². The van der Waals surface area contributed by atoms with Crippen LogP contribution in [0.15, 0.2) is 0 Å². The molecule has 0 amide bonds. The van der Waals surface area contributed by atoms with Gasteiger partial charge < -0.3 is 18.9 Å². The molecule has 0 bridgehead atoms. The summed E-state index contributed by atoms with van der Waals surface area (Å²) in [6, 6.07) is 0. The Labute approximate surface area is 130 Å². The van der Waals surface area contributed by atoms with E-state index in [0.29, 0.717) is 0 Å². The van der Waals surface area contributed by atoms with Gasteiger partial charge in [0.2, 0.25) is 6.29 Å². The van der Waals surface area contributed by atoms with Crippen LogP contribution in [0.2, 0.25) is 0 Å². The molecule has 0 aliphatic carbocycles. The third kappa shape index (κ3) is 5.38. The first-order valence-electron chi connectivity index (χ1n) is 6.63. The highest BCUT2D eigenvalue weighted by Gasteiger charge is 2.51. The zero-order valence-electron chi connectivity index (χ0n) is 12.9. The van der Waals surface area contributed by atoms with E-state index in [1.807, 2.05) is 0 Å². The van der Waals surface area contributed by atoms with E-state index in [-0.39, 0.29) is 6.42 Å². The largest absolute Gasteiger partial charge is 0.490 e. The molecule has 0 radical (unpaired) electrons. The van der Waals surface area contributed by atoms with Crippen LogP contribution >= 0.6 is 0 Å². The van der Waals surface area contributed by atoms with Crippen molar-refractivity contribution in [1.29, 1.82) is 0 Å². The second-order valence-corrected chi connectivity index (χ2v) is 5.48. The van der Waals surface area contributed by atoms with Gasteiger partial charge in [0.1, 0.15) is 11.7 Å². The third-order valence-electron chi connectivity index (χ3n) is 3.01. The predicted octanol–water partition coefficient (Wildman–Crippen LogP) is 1.48. The van der Waals surface area contributed by atoms with Gasteiger partial charge in [0.25, 0.3) is 0 Å². The molecule has 1 rings (SSSR count). The van der Waals surface area contributed by atoms with Crippen molar-refractivity contribution in [2.24, 2.45) is 0 Å². The Hall–Kier alpha value is -1.84. The number of rotatable bonds is 4. The van der Waals surface area contributed by atoms with E-state index in [2.05, 4.69) is 4.74 Å². The van der Waals surface area contributed by atoms with Crippen molar-refractivity contribution in [3.8, 4) is 0 Å². The van der Waals surface area contributed by atoms with Crippen LogP contribution < -0.4 is 0 Å². The smallest absolute Gasteiger partial charge is 0.456 e. The molecule has 0 aromatic rings. The van der Waals surface area contributed by atoms with Crippen molar-refractivity contribution in [3.05, 3.63) is 0 Å². The molecule has 0 saturated carbocycles. The number of esters is 3. The van der Waals surface area contributed by atoms with Crippen LogP contribution in [0.3, 0.4) is 0 Å². The number of halogens is 3. The lowest BCUT2D eigenvalue weighted by Crippen LogP contribution is -2.44. The maximum Gasteiger partial charge on any atom is 0.490 e. The summed E-state index contributed by atoms with van der Waals surface area (Å²) >= 11 is 0. The van der Waals surface area contributed by atoms with Crippen LogP contribution in [0.4, 0.5) is 13.2 Å². The number of hydrogen-bond donors (Lipinski definition) is 0. The van der Waals surface area contributed by atoms with E-state index in [1.165, 1.54) is 13.8 Å². The Bertz CT molecular complexity index is 462. The van der Waals surface area contributed by atoms with Gasteiger partial charge in [-0.15, -0.1) is 0 Å². The van der Waals surface area contributed by atoms with E-state index in [1.54, 1.807) is 0 Å². The van der Waals surface area contributed by atoms with E-state index in [4.69, 9.17) is 14.2 Å². The first-order valence-corrected chi connectivity index (χ1v) is 6.63. The van der Waals surface area contributed by atoms with Crippen molar-refractivity contribution >= 4 is 17.9 Å². The molecule has 0 aromatic heterocycles. The summed E-state index contributed by atoms with van der Waals surface area (Å²) in [5.41, 5.74) is -1.68. The molecule has 1 saturated heterocycles. The molecule has 1 fully saturated rings. The average Bonchev–Trinajstić information content (AvgIpc) is 2.69. The lowest BCUT2D eigenvalue weighted by atomic mass is 9.98. The van der Waals surface area contributed by atoms with Crippen LogP contribution in [0, 0.1) is 0 Å². The Balaban J connectivity index is 2.85. The summed E-state index contributed by atoms with van der Waals surface area (Å²) in [4.78, 5) is 33.0. The zero-order chi connectivity index (χ0) is 18.0. The SMILES string of the molecule is CC(=O)OC1O[C@H](C(C)(C)OC(=O)C(F)(F)F)C[C@H]1OC(C)=O.